The fourth-order valence-electron chi connectivity index (χ4n) is 1.68. The summed E-state index contributed by atoms with van der Waals surface area (Å²) in [6.07, 6.45) is 4.93. The zero-order valence-electron chi connectivity index (χ0n) is 10.0. The molecule has 0 amide bonds. The molecule has 0 radical (unpaired) electrons. The minimum Gasteiger partial charge on any atom is -0.294 e. The van der Waals surface area contributed by atoms with Crippen LogP contribution in [0.15, 0.2) is 22.7 Å². The Kier molecular flexibility index (Phi) is 5.93. The van der Waals surface area contributed by atoms with E-state index in [1.54, 1.807) is 18.2 Å². The zero-order chi connectivity index (χ0) is 12.7. The van der Waals surface area contributed by atoms with E-state index in [1.165, 1.54) is 12.8 Å². The second-order valence-corrected chi connectivity index (χ2v) is 4.81. The number of benzene rings is 1. The van der Waals surface area contributed by atoms with Crippen molar-refractivity contribution in [3.05, 3.63) is 33.8 Å². The van der Waals surface area contributed by atoms with Crippen molar-refractivity contribution in [2.75, 3.05) is 0 Å². The summed E-state index contributed by atoms with van der Waals surface area (Å²) in [5.41, 5.74) is 1.14. The average molecular weight is 294 g/mol. The lowest BCUT2D eigenvalue weighted by molar-refractivity contribution is 0.0978. The van der Waals surface area contributed by atoms with E-state index in [0.717, 1.165) is 12.8 Å². The van der Waals surface area contributed by atoms with Crippen molar-refractivity contribution in [1.29, 1.82) is 5.26 Å². The van der Waals surface area contributed by atoms with Gasteiger partial charge in [-0.1, -0.05) is 38.3 Å². The van der Waals surface area contributed by atoms with Crippen LogP contribution in [0.1, 0.15) is 54.9 Å². The molecule has 0 aliphatic carbocycles. The molecule has 0 unspecified atom stereocenters. The van der Waals surface area contributed by atoms with Crippen LogP contribution >= 0.6 is 15.9 Å². The lowest BCUT2D eigenvalue weighted by Crippen LogP contribution is -2.01. The third kappa shape index (κ3) is 3.98. The zero-order valence-corrected chi connectivity index (χ0v) is 11.6. The fourth-order valence-corrected chi connectivity index (χ4v) is 2.25. The molecule has 1 aromatic rings. The van der Waals surface area contributed by atoms with Crippen molar-refractivity contribution in [3.63, 3.8) is 0 Å². The van der Waals surface area contributed by atoms with Gasteiger partial charge in [0.1, 0.15) is 6.07 Å². The van der Waals surface area contributed by atoms with E-state index < -0.39 is 0 Å². The summed E-state index contributed by atoms with van der Waals surface area (Å²) < 4.78 is 0.628. The number of unbranched alkanes of at least 4 members (excludes halogenated alkanes) is 3. The molecule has 0 aromatic heterocycles. The summed E-state index contributed by atoms with van der Waals surface area (Å²) in [7, 11) is 0. The molecule has 90 valence electrons. The molecule has 0 aliphatic rings. The Labute approximate surface area is 111 Å². The minimum atomic E-state index is 0.116. The normalized spacial score (nSPS) is 9.94. The maximum absolute atomic E-state index is 12.0. The van der Waals surface area contributed by atoms with E-state index >= 15 is 0 Å². The van der Waals surface area contributed by atoms with Crippen molar-refractivity contribution >= 4 is 21.7 Å². The van der Waals surface area contributed by atoms with Crippen molar-refractivity contribution < 1.29 is 4.79 Å². The van der Waals surface area contributed by atoms with Crippen LogP contribution in [0.2, 0.25) is 0 Å². The smallest absolute Gasteiger partial charge is 0.164 e. The first-order chi connectivity index (χ1) is 8.20. The Hall–Kier alpha value is -1.14. The van der Waals surface area contributed by atoms with E-state index in [2.05, 4.69) is 28.9 Å². The highest BCUT2D eigenvalue weighted by molar-refractivity contribution is 9.10. The first kappa shape index (κ1) is 13.9. The van der Waals surface area contributed by atoms with Gasteiger partial charge in [-0.3, -0.25) is 4.79 Å². The molecule has 0 spiro atoms. The molecule has 0 aliphatic heterocycles. The Balaban J connectivity index is 2.67. The molecular formula is C14H16BrNO. The van der Waals surface area contributed by atoms with Gasteiger partial charge in [0.05, 0.1) is 5.56 Å². The van der Waals surface area contributed by atoms with Gasteiger partial charge >= 0.3 is 0 Å². The summed E-state index contributed by atoms with van der Waals surface area (Å²) in [6.45, 7) is 2.15. The van der Waals surface area contributed by atoms with Gasteiger partial charge in [-0.15, -0.1) is 0 Å². The van der Waals surface area contributed by atoms with E-state index in [0.29, 0.717) is 22.0 Å². The fraction of sp³-hybridized carbons (Fsp3) is 0.429. The highest BCUT2D eigenvalue weighted by atomic mass is 79.9. The quantitative estimate of drug-likeness (QED) is 0.573. The number of nitrogens with zero attached hydrogens (tertiary/aromatic N) is 1. The molecule has 0 heterocycles. The van der Waals surface area contributed by atoms with Crippen molar-refractivity contribution in [3.8, 4) is 6.07 Å². The van der Waals surface area contributed by atoms with Crippen LogP contribution in [0, 0.1) is 11.3 Å². The van der Waals surface area contributed by atoms with Crippen molar-refractivity contribution in [2.45, 2.75) is 39.0 Å². The van der Waals surface area contributed by atoms with Gasteiger partial charge in [-0.05, 0) is 28.4 Å². The summed E-state index contributed by atoms with van der Waals surface area (Å²) in [5, 5.41) is 8.88. The number of halogens is 1. The molecule has 0 fully saturated rings. The molecule has 0 atom stereocenters. The highest BCUT2D eigenvalue weighted by Crippen LogP contribution is 2.23. The summed E-state index contributed by atoms with van der Waals surface area (Å²) in [5.74, 6) is 0.116. The second-order valence-electron chi connectivity index (χ2n) is 4.01. The lowest BCUT2D eigenvalue weighted by Gasteiger charge is -2.04. The van der Waals surface area contributed by atoms with Crippen LogP contribution < -0.4 is 0 Å². The molecule has 17 heavy (non-hydrogen) atoms. The Morgan fingerprint density at radius 1 is 1.35 bits per heavy atom. The first-order valence-corrected chi connectivity index (χ1v) is 6.71. The van der Waals surface area contributed by atoms with E-state index in [-0.39, 0.29) is 5.78 Å². The molecular weight excluding hydrogens is 278 g/mol. The molecule has 0 N–H and O–H groups in total. The molecule has 0 saturated carbocycles. The highest BCUT2D eigenvalue weighted by Gasteiger charge is 2.12. The largest absolute Gasteiger partial charge is 0.294 e. The molecule has 0 bridgehead atoms. The number of carbonyl (C=O) groups is 1. The summed E-state index contributed by atoms with van der Waals surface area (Å²) >= 11 is 3.32. The van der Waals surface area contributed by atoms with Crippen LogP contribution in [0.3, 0.4) is 0 Å². The summed E-state index contributed by atoms with van der Waals surface area (Å²) in [6, 6.07) is 7.30. The maximum Gasteiger partial charge on any atom is 0.164 e. The number of hydrogen-bond acceptors (Lipinski definition) is 2. The summed E-state index contributed by atoms with van der Waals surface area (Å²) in [4.78, 5) is 12.0. The van der Waals surface area contributed by atoms with E-state index in [1.807, 2.05) is 0 Å². The monoisotopic (exact) mass is 293 g/mol. The molecule has 2 nitrogen and oxygen atoms in total. The van der Waals surface area contributed by atoms with Crippen LogP contribution in [-0.2, 0) is 0 Å². The van der Waals surface area contributed by atoms with E-state index in [4.69, 9.17) is 5.26 Å². The number of Topliss-reactive ketones (excluding diaryl/α,β-unsaturated/α-hetero) is 1. The van der Waals surface area contributed by atoms with Gasteiger partial charge < -0.3 is 0 Å². The van der Waals surface area contributed by atoms with Gasteiger partial charge in [-0.2, -0.15) is 5.26 Å². The second kappa shape index (κ2) is 7.24. The van der Waals surface area contributed by atoms with Crippen LogP contribution in [0.25, 0.3) is 0 Å². The molecule has 0 saturated heterocycles. The number of carbonyl (C=O) groups excluding carboxylic acids is 1. The Bertz CT molecular complexity index is 434. The van der Waals surface area contributed by atoms with Gasteiger partial charge in [0.25, 0.3) is 0 Å². The lowest BCUT2D eigenvalue weighted by atomic mass is 10.0. The third-order valence-corrected chi connectivity index (χ3v) is 3.53. The number of rotatable bonds is 6. The maximum atomic E-state index is 12.0. The van der Waals surface area contributed by atoms with Crippen molar-refractivity contribution in [1.82, 2.24) is 0 Å². The number of hydrogen-bond donors (Lipinski definition) is 0. The van der Waals surface area contributed by atoms with Gasteiger partial charge in [0.15, 0.2) is 5.78 Å². The first-order valence-electron chi connectivity index (χ1n) is 5.92. The van der Waals surface area contributed by atoms with E-state index in [9.17, 15) is 4.79 Å². The van der Waals surface area contributed by atoms with Gasteiger partial charge in [0, 0.05) is 16.5 Å². The number of ketones is 1. The predicted octanol–water partition coefficient (Wildman–Crippen LogP) is 4.47. The Morgan fingerprint density at radius 3 is 2.76 bits per heavy atom. The topological polar surface area (TPSA) is 40.9 Å². The molecule has 1 rings (SSSR count). The third-order valence-electron chi connectivity index (χ3n) is 2.68. The standard InChI is InChI=1S/C14H16BrNO/c1-2-3-4-5-9-13(17)12-8-6-7-11(10-16)14(12)15/h6-8H,2-5,9H2,1H3. The van der Waals surface area contributed by atoms with Crippen molar-refractivity contribution in [2.24, 2.45) is 0 Å². The minimum absolute atomic E-state index is 0.116. The van der Waals surface area contributed by atoms with Crippen LogP contribution in [0.4, 0.5) is 0 Å². The van der Waals surface area contributed by atoms with Crippen LogP contribution in [0.5, 0.6) is 0 Å². The van der Waals surface area contributed by atoms with Gasteiger partial charge in [-0.25, -0.2) is 0 Å². The van der Waals surface area contributed by atoms with Crippen LogP contribution in [-0.4, -0.2) is 5.78 Å². The molecule has 3 heteroatoms. The Morgan fingerprint density at radius 2 is 2.12 bits per heavy atom. The average Bonchev–Trinajstić information content (AvgIpc) is 2.34. The predicted molar refractivity (Wildman–Crippen MR) is 71.9 cm³/mol. The SMILES string of the molecule is CCCCCCC(=O)c1cccc(C#N)c1Br. The van der Waals surface area contributed by atoms with Gasteiger partial charge in [0.2, 0.25) is 0 Å². The molecule has 1 aromatic carbocycles. The number of nitriles is 1.